The third kappa shape index (κ3) is 3.39. The number of ether oxygens (including phenoxy) is 2. The lowest BCUT2D eigenvalue weighted by Crippen LogP contribution is -2.57. The van der Waals surface area contributed by atoms with Gasteiger partial charge < -0.3 is 19.9 Å². The summed E-state index contributed by atoms with van der Waals surface area (Å²) in [4.78, 5) is 25.7. The van der Waals surface area contributed by atoms with Crippen LogP contribution in [-0.2, 0) is 14.3 Å². The number of hydrogen-bond acceptors (Lipinski definition) is 5. The zero-order valence-electron chi connectivity index (χ0n) is 16.5. The molecule has 2 N–H and O–H groups in total. The Morgan fingerprint density at radius 1 is 1.04 bits per heavy atom. The highest BCUT2D eigenvalue weighted by Gasteiger charge is 2.55. The molecule has 152 valence electrons. The molecule has 28 heavy (non-hydrogen) atoms. The Hall–Kier alpha value is -2.08. The number of hydrogen-bond donors (Lipinski definition) is 2. The van der Waals surface area contributed by atoms with E-state index in [1.54, 1.807) is 31.4 Å². The molecule has 4 fully saturated rings. The van der Waals surface area contributed by atoms with Crippen LogP contribution < -0.4 is 10.1 Å². The summed E-state index contributed by atoms with van der Waals surface area (Å²) in [6, 6.07) is 5.69. The summed E-state index contributed by atoms with van der Waals surface area (Å²) >= 11 is 0. The van der Waals surface area contributed by atoms with Crippen molar-refractivity contribution in [1.29, 1.82) is 0 Å². The highest BCUT2D eigenvalue weighted by atomic mass is 16.5. The van der Waals surface area contributed by atoms with Crippen molar-refractivity contribution in [2.45, 2.75) is 50.7 Å². The lowest BCUT2D eigenvalue weighted by molar-refractivity contribution is -0.155. The van der Waals surface area contributed by atoms with Crippen molar-refractivity contribution in [3.05, 3.63) is 29.8 Å². The standard InChI is InChI=1S/C22H29NO5/c1-27-17-5-3-16(4-6-17)19(24)18(20(25)28-2)23-21(26)22-10-13-7-14(11-22)9-15(8-13)12-22/h3-6,13-15,18-19,24H,7-12H2,1-2H3,(H,23,26). The zero-order chi connectivity index (χ0) is 19.9. The van der Waals surface area contributed by atoms with E-state index in [9.17, 15) is 14.7 Å². The minimum Gasteiger partial charge on any atom is -0.497 e. The van der Waals surface area contributed by atoms with Crippen LogP contribution in [0.5, 0.6) is 5.75 Å². The molecule has 6 nitrogen and oxygen atoms in total. The van der Waals surface area contributed by atoms with Gasteiger partial charge in [0, 0.05) is 5.41 Å². The van der Waals surface area contributed by atoms with E-state index in [4.69, 9.17) is 9.47 Å². The molecule has 0 saturated heterocycles. The van der Waals surface area contributed by atoms with E-state index in [0.29, 0.717) is 29.1 Å². The molecule has 4 aliphatic carbocycles. The van der Waals surface area contributed by atoms with Crippen LogP contribution in [0.15, 0.2) is 24.3 Å². The van der Waals surface area contributed by atoms with Gasteiger partial charge in [-0.25, -0.2) is 4.79 Å². The number of aliphatic hydroxyl groups excluding tert-OH is 1. The van der Waals surface area contributed by atoms with Gasteiger partial charge in [-0.05, 0) is 74.0 Å². The van der Waals surface area contributed by atoms with Crippen molar-refractivity contribution in [2.75, 3.05) is 14.2 Å². The van der Waals surface area contributed by atoms with Gasteiger partial charge in [0.1, 0.15) is 11.9 Å². The first-order valence-corrected chi connectivity index (χ1v) is 10.1. The second kappa shape index (κ2) is 7.39. The third-order valence-corrected chi connectivity index (χ3v) is 7.03. The van der Waals surface area contributed by atoms with Crippen LogP contribution >= 0.6 is 0 Å². The van der Waals surface area contributed by atoms with Crippen LogP contribution in [0.2, 0.25) is 0 Å². The highest BCUT2D eigenvalue weighted by Crippen LogP contribution is 2.60. The molecular formula is C22H29NO5. The molecule has 0 heterocycles. The molecule has 5 rings (SSSR count). The van der Waals surface area contributed by atoms with E-state index in [2.05, 4.69) is 5.32 Å². The Morgan fingerprint density at radius 2 is 1.57 bits per heavy atom. The smallest absolute Gasteiger partial charge is 0.331 e. The number of methoxy groups -OCH3 is 2. The molecule has 1 amide bonds. The van der Waals surface area contributed by atoms with Gasteiger partial charge in [0.15, 0.2) is 6.04 Å². The van der Waals surface area contributed by atoms with E-state index in [-0.39, 0.29) is 11.3 Å². The predicted molar refractivity (Wildman–Crippen MR) is 103 cm³/mol. The number of nitrogens with one attached hydrogen (secondary N) is 1. The molecule has 0 spiro atoms. The van der Waals surface area contributed by atoms with Gasteiger partial charge in [0.05, 0.1) is 14.2 Å². The van der Waals surface area contributed by atoms with Crippen LogP contribution in [0.4, 0.5) is 0 Å². The topological polar surface area (TPSA) is 84.9 Å². The molecule has 0 radical (unpaired) electrons. The molecule has 2 atom stereocenters. The van der Waals surface area contributed by atoms with Crippen molar-refractivity contribution in [2.24, 2.45) is 23.2 Å². The van der Waals surface area contributed by atoms with Gasteiger partial charge in [-0.3, -0.25) is 4.79 Å². The molecule has 4 aliphatic rings. The van der Waals surface area contributed by atoms with E-state index in [1.807, 2.05) is 0 Å². The minimum absolute atomic E-state index is 0.102. The van der Waals surface area contributed by atoms with Gasteiger partial charge in [0.2, 0.25) is 5.91 Å². The maximum atomic E-state index is 13.3. The second-order valence-electron chi connectivity index (χ2n) is 8.89. The summed E-state index contributed by atoms with van der Waals surface area (Å²) in [7, 11) is 2.83. The number of aliphatic hydroxyl groups is 1. The molecule has 4 saturated carbocycles. The lowest BCUT2D eigenvalue weighted by atomic mass is 9.49. The molecule has 1 aromatic rings. The third-order valence-electron chi connectivity index (χ3n) is 7.03. The van der Waals surface area contributed by atoms with Crippen LogP contribution in [0.3, 0.4) is 0 Å². The number of carbonyl (C=O) groups is 2. The van der Waals surface area contributed by atoms with E-state index in [0.717, 1.165) is 19.3 Å². The van der Waals surface area contributed by atoms with Crippen molar-refractivity contribution in [1.82, 2.24) is 5.32 Å². The molecule has 0 aliphatic heterocycles. The summed E-state index contributed by atoms with van der Waals surface area (Å²) < 4.78 is 10.0. The lowest BCUT2D eigenvalue weighted by Gasteiger charge is -2.55. The Bertz CT molecular complexity index is 709. The molecule has 6 heteroatoms. The van der Waals surface area contributed by atoms with Gasteiger partial charge >= 0.3 is 5.97 Å². The fraction of sp³-hybridized carbons (Fsp3) is 0.636. The average molecular weight is 387 g/mol. The van der Waals surface area contributed by atoms with E-state index < -0.39 is 18.1 Å². The molecule has 4 bridgehead atoms. The first-order chi connectivity index (χ1) is 13.4. The Labute approximate surface area is 165 Å². The summed E-state index contributed by atoms with van der Waals surface area (Å²) in [6.45, 7) is 0. The van der Waals surface area contributed by atoms with Crippen molar-refractivity contribution in [3.8, 4) is 5.75 Å². The quantitative estimate of drug-likeness (QED) is 0.733. The molecule has 0 aromatic heterocycles. The number of amides is 1. The molecular weight excluding hydrogens is 358 g/mol. The Kier molecular flexibility index (Phi) is 5.08. The van der Waals surface area contributed by atoms with Crippen LogP contribution in [0.25, 0.3) is 0 Å². The number of esters is 1. The van der Waals surface area contributed by atoms with Crippen LogP contribution in [0.1, 0.15) is 50.2 Å². The van der Waals surface area contributed by atoms with E-state index in [1.165, 1.54) is 26.4 Å². The largest absolute Gasteiger partial charge is 0.497 e. The van der Waals surface area contributed by atoms with Crippen LogP contribution in [0, 0.1) is 23.2 Å². The highest BCUT2D eigenvalue weighted by molar-refractivity contribution is 5.88. The Balaban J connectivity index is 1.53. The van der Waals surface area contributed by atoms with Crippen molar-refractivity contribution < 1.29 is 24.2 Å². The number of rotatable bonds is 6. The summed E-state index contributed by atoms with van der Waals surface area (Å²) in [6.07, 6.45) is 5.23. The maximum absolute atomic E-state index is 13.3. The van der Waals surface area contributed by atoms with Crippen LogP contribution in [-0.4, -0.2) is 37.2 Å². The normalized spacial score (nSPS) is 32.5. The Morgan fingerprint density at radius 3 is 2.04 bits per heavy atom. The SMILES string of the molecule is COC(=O)C(NC(=O)C12CC3CC(CC(C3)C1)C2)C(O)c1ccc(OC)cc1. The monoisotopic (exact) mass is 387 g/mol. The fourth-order valence-electron chi connectivity index (χ4n) is 6.07. The van der Waals surface area contributed by atoms with E-state index >= 15 is 0 Å². The average Bonchev–Trinajstić information content (AvgIpc) is 2.69. The summed E-state index contributed by atoms with van der Waals surface area (Å²) in [5.74, 6) is 1.79. The molecule has 2 unspecified atom stereocenters. The fourth-order valence-corrected chi connectivity index (χ4v) is 6.07. The summed E-state index contributed by atoms with van der Waals surface area (Å²) in [5, 5.41) is 13.7. The minimum atomic E-state index is -1.18. The number of carbonyl (C=O) groups excluding carboxylic acids is 2. The van der Waals surface area contributed by atoms with Gasteiger partial charge in [-0.15, -0.1) is 0 Å². The predicted octanol–water partition coefficient (Wildman–Crippen LogP) is 2.60. The van der Waals surface area contributed by atoms with Crippen molar-refractivity contribution in [3.63, 3.8) is 0 Å². The first kappa shape index (κ1) is 19.2. The maximum Gasteiger partial charge on any atom is 0.331 e. The second-order valence-corrected chi connectivity index (χ2v) is 8.89. The first-order valence-electron chi connectivity index (χ1n) is 10.1. The molecule has 1 aromatic carbocycles. The van der Waals surface area contributed by atoms with Gasteiger partial charge in [0.25, 0.3) is 0 Å². The van der Waals surface area contributed by atoms with Crippen molar-refractivity contribution >= 4 is 11.9 Å². The van der Waals surface area contributed by atoms with Gasteiger partial charge in [-0.2, -0.15) is 0 Å². The van der Waals surface area contributed by atoms with Gasteiger partial charge in [-0.1, -0.05) is 12.1 Å². The zero-order valence-corrected chi connectivity index (χ0v) is 16.5. The number of benzene rings is 1. The summed E-state index contributed by atoms with van der Waals surface area (Å²) in [5.41, 5.74) is 0.141.